The SMILES string of the molecule is Clc1ccccc1N1CCN(CCCOc2ccc3c(c2)CCC3)CC1. The standard InChI is InChI=1S/C22H27ClN2O/c23-21-7-1-2-8-22(21)25-14-12-24(13-15-25)11-4-16-26-20-10-9-18-5-3-6-19(18)17-20/h1-2,7-10,17H,3-6,11-16H2. The number of piperazine rings is 1. The highest BCUT2D eigenvalue weighted by molar-refractivity contribution is 6.33. The molecule has 0 saturated carbocycles. The van der Waals surface area contributed by atoms with Gasteiger partial charge in [0, 0.05) is 32.7 Å². The Morgan fingerprint density at radius 2 is 1.73 bits per heavy atom. The van der Waals surface area contributed by atoms with Gasteiger partial charge in [-0.15, -0.1) is 0 Å². The number of para-hydroxylation sites is 1. The largest absolute Gasteiger partial charge is 0.494 e. The second kappa shape index (κ2) is 8.32. The number of aryl methyl sites for hydroxylation is 2. The zero-order valence-corrected chi connectivity index (χ0v) is 16.0. The van der Waals surface area contributed by atoms with Crippen molar-refractivity contribution in [3.05, 3.63) is 58.6 Å². The van der Waals surface area contributed by atoms with Gasteiger partial charge in [0.2, 0.25) is 0 Å². The quantitative estimate of drug-likeness (QED) is 0.700. The van der Waals surface area contributed by atoms with E-state index in [1.807, 2.05) is 12.1 Å². The van der Waals surface area contributed by atoms with Crippen LogP contribution in [0.5, 0.6) is 5.75 Å². The summed E-state index contributed by atoms with van der Waals surface area (Å²) in [7, 11) is 0. The number of hydrogen-bond donors (Lipinski definition) is 0. The van der Waals surface area contributed by atoms with E-state index < -0.39 is 0 Å². The summed E-state index contributed by atoms with van der Waals surface area (Å²) < 4.78 is 5.97. The van der Waals surface area contributed by atoms with E-state index >= 15 is 0 Å². The summed E-state index contributed by atoms with van der Waals surface area (Å²) in [6, 6.07) is 14.7. The predicted octanol–water partition coefficient (Wildman–Crippen LogP) is 4.42. The fourth-order valence-electron chi connectivity index (χ4n) is 4.04. The van der Waals surface area contributed by atoms with Crippen LogP contribution in [-0.4, -0.2) is 44.2 Å². The van der Waals surface area contributed by atoms with Crippen LogP contribution in [0.1, 0.15) is 24.0 Å². The highest BCUT2D eigenvalue weighted by Crippen LogP contribution is 2.27. The zero-order chi connectivity index (χ0) is 17.8. The van der Waals surface area contributed by atoms with Crippen molar-refractivity contribution < 1.29 is 4.74 Å². The van der Waals surface area contributed by atoms with Gasteiger partial charge in [-0.1, -0.05) is 29.8 Å². The first-order valence-electron chi connectivity index (χ1n) is 9.76. The Morgan fingerprint density at radius 1 is 0.923 bits per heavy atom. The van der Waals surface area contributed by atoms with Crippen molar-refractivity contribution in [2.24, 2.45) is 0 Å². The van der Waals surface area contributed by atoms with Gasteiger partial charge in [-0.05, 0) is 61.1 Å². The molecule has 1 aliphatic heterocycles. The molecule has 4 rings (SSSR count). The molecule has 0 spiro atoms. The minimum atomic E-state index is 0.795. The topological polar surface area (TPSA) is 15.7 Å². The van der Waals surface area contributed by atoms with E-state index in [9.17, 15) is 0 Å². The number of rotatable bonds is 6. The van der Waals surface area contributed by atoms with Crippen molar-refractivity contribution in [1.29, 1.82) is 0 Å². The Balaban J connectivity index is 1.18. The van der Waals surface area contributed by atoms with Gasteiger partial charge in [0.25, 0.3) is 0 Å². The number of anilines is 1. The van der Waals surface area contributed by atoms with E-state index in [1.54, 1.807) is 0 Å². The van der Waals surface area contributed by atoms with Crippen molar-refractivity contribution in [3.8, 4) is 5.75 Å². The first kappa shape index (κ1) is 17.7. The number of hydrogen-bond acceptors (Lipinski definition) is 3. The second-order valence-electron chi connectivity index (χ2n) is 7.27. The van der Waals surface area contributed by atoms with Crippen molar-refractivity contribution in [2.75, 3.05) is 44.2 Å². The van der Waals surface area contributed by atoms with Crippen LogP contribution in [0.15, 0.2) is 42.5 Å². The molecule has 1 fully saturated rings. The molecular weight excluding hydrogens is 344 g/mol. The summed E-state index contributed by atoms with van der Waals surface area (Å²) in [6.45, 7) is 6.14. The summed E-state index contributed by atoms with van der Waals surface area (Å²) in [5.74, 6) is 1.04. The molecule has 0 amide bonds. The normalized spacial score (nSPS) is 17.3. The monoisotopic (exact) mass is 370 g/mol. The van der Waals surface area contributed by atoms with Gasteiger partial charge < -0.3 is 9.64 Å². The van der Waals surface area contributed by atoms with E-state index in [0.717, 1.165) is 62.2 Å². The van der Waals surface area contributed by atoms with E-state index in [0.29, 0.717) is 0 Å². The molecule has 0 radical (unpaired) electrons. The summed E-state index contributed by atoms with van der Waals surface area (Å²) in [6.07, 6.45) is 4.81. The Hall–Kier alpha value is -1.71. The maximum atomic E-state index is 6.32. The van der Waals surface area contributed by atoms with Crippen molar-refractivity contribution in [2.45, 2.75) is 25.7 Å². The lowest BCUT2D eigenvalue weighted by atomic mass is 10.1. The third-order valence-electron chi connectivity index (χ3n) is 5.52. The number of ether oxygens (including phenoxy) is 1. The molecule has 3 nitrogen and oxygen atoms in total. The predicted molar refractivity (Wildman–Crippen MR) is 109 cm³/mol. The number of fused-ring (bicyclic) bond motifs is 1. The minimum absolute atomic E-state index is 0.795. The van der Waals surface area contributed by atoms with Gasteiger partial charge >= 0.3 is 0 Å². The molecule has 0 unspecified atom stereocenters. The van der Waals surface area contributed by atoms with Gasteiger partial charge in [0.15, 0.2) is 0 Å². The summed E-state index contributed by atoms with van der Waals surface area (Å²) in [4.78, 5) is 4.92. The van der Waals surface area contributed by atoms with Crippen molar-refractivity contribution in [1.82, 2.24) is 4.90 Å². The zero-order valence-electron chi connectivity index (χ0n) is 15.3. The third kappa shape index (κ3) is 4.16. The molecule has 2 aliphatic rings. The lowest BCUT2D eigenvalue weighted by Crippen LogP contribution is -2.46. The van der Waals surface area contributed by atoms with Gasteiger partial charge in [0.05, 0.1) is 17.3 Å². The van der Waals surface area contributed by atoms with Crippen LogP contribution in [0.25, 0.3) is 0 Å². The average Bonchev–Trinajstić information content (AvgIpc) is 3.14. The Kier molecular flexibility index (Phi) is 5.66. The first-order valence-corrected chi connectivity index (χ1v) is 10.1. The molecule has 1 heterocycles. The highest BCUT2D eigenvalue weighted by atomic mass is 35.5. The van der Waals surface area contributed by atoms with Gasteiger partial charge in [-0.25, -0.2) is 0 Å². The Morgan fingerprint density at radius 3 is 2.58 bits per heavy atom. The molecule has 1 aliphatic carbocycles. The van der Waals surface area contributed by atoms with Crippen LogP contribution in [-0.2, 0) is 12.8 Å². The smallest absolute Gasteiger partial charge is 0.119 e. The fourth-order valence-corrected chi connectivity index (χ4v) is 4.29. The van der Waals surface area contributed by atoms with Crippen LogP contribution in [0.4, 0.5) is 5.69 Å². The second-order valence-corrected chi connectivity index (χ2v) is 7.67. The Bertz CT molecular complexity index is 741. The van der Waals surface area contributed by atoms with Crippen LogP contribution < -0.4 is 9.64 Å². The lowest BCUT2D eigenvalue weighted by molar-refractivity contribution is 0.224. The first-order chi connectivity index (χ1) is 12.8. The number of halogens is 1. The van der Waals surface area contributed by atoms with E-state index in [1.165, 1.54) is 30.4 Å². The summed E-state index contributed by atoms with van der Waals surface area (Å²) in [5, 5.41) is 0.851. The van der Waals surface area contributed by atoms with Crippen LogP contribution in [0.3, 0.4) is 0 Å². The van der Waals surface area contributed by atoms with Crippen LogP contribution in [0.2, 0.25) is 5.02 Å². The van der Waals surface area contributed by atoms with Crippen LogP contribution >= 0.6 is 11.6 Å². The molecule has 0 aromatic heterocycles. The third-order valence-corrected chi connectivity index (χ3v) is 5.84. The van der Waals surface area contributed by atoms with E-state index in [4.69, 9.17) is 16.3 Å². The van der Waals surface area contributed by atoms with Crippen molar-refractivity contribution in [3.63, 3.8) is 0 Å². The molecule has 138 valence electrons. The molecule has 4 heteroatoms. The van der Waals surface area contributed by atoms with Crippen LogP contribution in [0, 0.1) is 0 Å². The molecule has 2 aromatic carbocycles. The highest BCUT2D eigenvalue weighted by Gasteiger charge is 2.18. The maximum Gasteiger partial charge on any atom is 0.119 e. The van der Waals surface area contributed by atoms with Gasteiger partial charge in [-0.3, -0.25) is 4.90 Å². The molecular formula is C22H27ClN2O. The van der Waals surface area contributed by atoms with Gasteiger partial charge in [-0.2, -0.15) is 0 Å². The Labute approximate surface area is 161 Å². The fraction of sp³-hybridized carbons (Fsp3) is 0.455. The lowest BCUT2D eigenvalue weighted by Gasteiger charge is -2.36. The van der Waals surface area contributed by atoms with E-state index in [-0.39, 0.29) is 0 Å². The molecule has 0 N–H and O–H groups in total. The summed E-state index contributed by atoms with van der Waals surface area (Å²) >= 11 is 6.32. The molecule has 26 heavy (non-hydrogen) atoms. The van der Waals surface area contributed by atoms with Gasteiger partial charge in [0.1, 0.15) is 5.75 Å². The summed E-state index contributed by atoms with van der Waals surface area (Å²) in [5.41, 5.74) is 4.15. The molecule has 1 saturated heterocycles. The van der Waals surface area contributed by atoms with E-state index in [2.05, 4.69) is 40.1 Å². The maximum absolute atomic E-state index is 6.32. The number of nitrogens with zero attached hydrogens (tertiary/aromatic N) is 2. The average molecular weight is 371 g/mol. The molecule has 0 atom stereocenters. The molecule has 0 bridgehead atoms. The number of benzene rings is 2. The minimum Gasteiger partial charge on any atom is -0.494 e. The van der Waals surface area contributed by atoms with Crippen molar-refractivity contribution >= 4 is 17.3 Å². The molecule has 2 aromatic rings.